The summed E-state index contributed by atoms with van der Waals surface area (Å²) in [5, 5.41) is 9.11. The first-order valence-corrected chi connectivity index (χ1v) is 8.89. The van der Waals surface area contributed by atoms with Gasteiger partial charge in [0.2, 0.25) is 0 Å². The van der Waals surface area contributed by atoms with E-state index in [0.717, 1.165) is 33.5 Å². The number of hydrogen-bond acceptors (Lipinski definition) is 4. The molecular formula is C22H16FN5. The minimum Gasteiger partial charge on any atom is -0.329 e. The fraction of sp³-hybridized carbons (Fsp3) is 0.0455. The summed E-state index contributed by atoms with van der Waals surface area (Å²) in [4.78, 5) is 6.75. The third-order valence-corrected chi connectivity index (χ3v) is 4.87. The zero-order chi connectivity index (χ0) is 19.1. The van der Waals surface area contributed by atoms with Gasteiger partial charge in [-0.1, -0.05) is 36.4 Å². The summed E-state index contributed by atoms with van der Waals surface area (Å²) < 4.78 is 15.1. The molecule has 0 spiro atoms. The van der Waals surface area contributed by atoms with Crippen LogP contribution in [-0.2, 0) is 0 Å². The Morgan fingerprint density at radius 3 is 2.57 bits per heavy atom. The van der Waals surface area contributed by atoms with Crippen LogP contribution in [0.4, 0.5) is 15.9 Å². The van der Waals surface area contributed by atoms with Crippen molar-refractivity contribution in [2.45, 2.75) is 0 Å². The van der Waals surface area contributed by atoms with E-state index in [1.54, 1.807) is 18.5 Å². The molecule has 5 aromatic rings. The molecule has 5 rings (SSSR count). The molecule has 0 saturated heterocycles. The lowest BCUT2D eigenvalue weighted by Gasteiger charge is -2.21. The van der Waals surface area contributed by atoms with Gasteiger partial charge >= 0.3 is 0 Å². The van der Waals surface area contributed by atoms with Crippen LogP contribution in [-0.4, -0.2) is 26.6 Å². The van der Waals surface area contributed by atoms with E-state index < -0.39 is 0 Å². The Morgan fingerprint density at radius 2 is 1.71 bits per heavy atom. The summed E-state index contributed by atoms with van der Waals surface area (Å²) in [5.41, 5.74) is 3.94. The molecule has 0 bridgehead atoms. The van der Waals surface area contributed by atoms with E-state index in [1.807, 2.05) is 58.8 Å². The summed E-state index contributed by atoms with van der Waals surface area (Å²) in [7, 11) is 1.98. The van der Waals surface area contributed by atoms with E-state index >= 15 is 0 Å². The summed E-state index contributed by atoms with van der Waals surface area (Å²) in [6.45, 7) is 0. The van der Waals surface area contributed by atoms with Crippen molar-refractivity contribution < 1.29 is 4.39 Å². The van der Waals surface area contributed by atoms with Crippen LogP contribution in [0.15, 0.2) is 79.1 Å². The van der Waals surface area contributed by atoms with Gasteiger partial charge in [0.15, 0.2) is 0 Å². The zero-order valence-corrected chi connectivity index (χ0v) is 15.1. The van der Waals surface area contributed by atoms with Gasteiger partial charge in [-0.15, -0.1) is 10.2 Å². The molecule has 0 atom stereocenters. The molecule has 136 valence electrons. The molecule has 6 heteroatoms. The third-order valence-electron chi connectivity index (χ3n) is 4.87. The third kappa shape index (κ3) is 2.66. The van der Waals surface area contributed by atoms with Gasteiger partial charge in [0.1, 0.15) is 18.0 Å². The van der Waals surface area contributed by atoms with Crippen LogP contribution in [0.2, 0.25) is 0 Å². The number of aromatic nitrogens is 4. The number of nitrogens with zero attached hydrogens (tertiary/aromatic N) is 5. The van der Waals surface area contributed by atoms with Crippen molar-refractivity contribution in [2.24, 2.45) is 0 Å². The molecule has 0 radical (unpaired) electrons. The number of hydrogen-bond donors (Lipinski definition) is 0. The molecule has 0 fully saturated rings. The monoisotopic (exact) mass is 369 g/mol. The fourth-order valence-corrected chi connectivity index (χ4v) is 3.42. The molecule has 2 aromatic heterocycles. The lowest BCUT2D eigenvalue weighted by atomic mass is 10.0. The highest BCUT2D eigenvalue weighted by Gasteiger charge is 2.14. The maximum atomic E-state index is 13.3. The number of fused-ring (bicyclic) bond motifs is 3. The number of para-hydroxylation sites is 1. The molecule has 5 nitrogen and oxygen atoms in total. The smallest absolute Gasteiger partial charge is 0.257 e. The summed E-state index contributed by atoms with van der Waals surface area (Å²) in [6.07, 6.45) is 1.67. The van der Waals surface area contributed by atoms with E-state index in [9.17, 15) is 4.39 Å². The van der Waals surface area contributed by atoms with Crippen LogP contribution >= 0.6 is 0 Å². The average Bonchev–Trinajstić information content (AvgIpc) is 3.22. The Morgan fingerprint density at radius 1 is 0.893 bits per heavy atom. The summed E-state index contributed by atoms with van der Waals surface area (Å²) >= 11 is 0. The highest BCUT2D eigenvalue weighted by atomic mass is 19.1. The van der Waals surface area contributed by atoms with Crippen molar-refractivity contribution in [3.63, 3.8) is 0 Å². The second-order valence-corrected chi connectivity index (χ2v) is 6.57. The van der Waals surface area contributed by atoms with Gasteiger partial charge in [0.05, 0.1) is 5.52 Å². The SMILES string of the molecule is CN(c1cccc(-c2ccc(F)cc2)c1)c1nc2nncn2c2ccccc12. The van der Waals surface area contributed by atoms with Crippen LogP contribution in [0.5, 0.6) is 0 Å². The predicted octanol–water partition coefficient (Wildman–Crippen LogP) is 4.85. The molecule has 28 heavy (non-hydrogen) atoms. The van der Waals surface area contributed by atoms with Crippen molar-refractivity contribution in [2.75, 3.05) is 11.9 Å². The largest absolute Gasteiger partial charge is 0.329 e. The van der Waals surface area contributed by atoms with Gasteiger partial charge in [-0.25, -0.2) is 4.39 Å². The first-order valence-electron chi connectivity index (χ1n) is 8.89. The lowest BCUT2D eigenvalue weighted by molar-refractivity contribution is 0.628. The molecule has 0 N–H and O–H groups in total. The van der Waals surface area contributed by atoms with E-state index in [2.05, 4.69) is 16.3 Å². The van der Waals surface area contributed by atoms with E-state index in [1.165, 1.54) is 12.1 Å². The van der Waals surface area contributed by atoms with Crippen molar-refractivity contribution in [3.05, 3.63) is 84.9 Å². The molecule has 0 aliphatic carbocycles. The van der Waals surface area contributed by atoms with Gasteiger partial charge in [0.25, 0.3) is 5.78 Å². The summed E-state index contributed by atoms with van der Waals surface area (Å²) in [5.74, 6) is 1.11. The van der Waals surface area contributed by atoms with Gasteiger partial charge in [-0.3, -0.25) is 4.40 Å². The molecular weight excluding hydrogens is 353 g/mol. The van der Waals surface area contributed by atoms with Gasteiger partial charge in [0, 0.05) is 18.1 Å². The van der Waals surface area contributed by atoms with Crippen LogP contribution in [0, 0.1) is 5.82 Å². The van der Waals surface area contributed by atoms with E-state index in [4.69, 9.17) is 4.98 Å². The van der Waals surface area contributed by atoms with Crippen molar-refractivity contribution >= 4 is 28.2 Å². The highest BCUT2D eigenvalue weighted by Crippen LogP contribution is 2.32. The van der Waals surface area contributed by atoms with Crippen LogP contribution in [0.3, 0.4) is 0 Å². The maximum Gasteiger partial charge on any atom is 0.257 e. The number of rotatable bonds is 3. The number of benzene rings is 3. The molecule has 0 saturated carbocycles. The second-order valence-electron chi connectivity index (χ2n) is 6.57. The normalized spacial score (nSPS) is 11.2. The lowest BCUT2D eigenvalue weighted by Crippen LogP contribution is -2.13. The molecule has 0 aliphatic rings. The standard InChI is InChI=1S/C22H16FN5/c1-27(18-6-4-5-16(13-18)15-9-11-17(23)12-10-15)21-19-7-2-3-8-20(19)28-14-24-26-22(28)25-21/h2-14H,1H3. The quantitative estimate of drug-likeness (QED) is 0.456. The predicted molar refractivity (Wildman–Crippen MR) is 108 cm³/mol. The minimum atomic E-state index is -0.241. The Kier molecular flexibility index (Phi) is 3.76. The molecule has 3 aromatic carbocycles. The van der Waals surface area contributed by atoms with E-state index in [-0.39, 0.29) is 5.82 Å². The molecule has 0 aliphatic heterocycles. The van der Waals surface area contributed by atoms with Crippen LogP contribution < -0.4 is 4.90 Å². The number of halogens is 1. The van der Waals surface area contributed by atoms with Crippen molar-refractivity contribution in [3.8, 4) is 11.1 Å². The van der Waals surface area contributed by atoms with Crippen LogP contribution in [0.25, 0.3) is 27.8 Å². The Labute approximate surface area is 160 Å². The first-order chi connectivity index (χ1) is 13.7. The van der Waals surface area contributed by atoms with Crippen molar-refractivity contribution in [1.29, 1.82) is 0 Å². The maximum absolute atomic E-state index is 13.3. The minimum absolute atomic E-state index is 0.241. The molecule has 2 heterocycles. The summed E-state index contributed by atoms with van der Waals surface area (Å²) in [6, 6.07) is 22.6. The number of anilines is 2. The second kappa shape index (κ2) is 6.42. The highest BCUT2D eigenvalue weighted by molar-refractivity contribution is 5.93. The van der Waals surface area contributed by atoms with Gasteiger partial charge in [-0.2, -0.15) is 4.98 Å². The Balaban J connectivity index is 1.64. The van der Waals surface area contributed by atoms with Crippen LogP contribution in [0.1, 0.15) is 0 Å². The topological polar surface area (TPSA) is 46.3 Å². The van der Waals surface area contributed by atoms with Crippen molar-refractivity contribution in [1.82, 2.24) is 19.6 Å². The average molecular weight is 369 g/mol. The molecule has 0 unspecified atom stereocenters. The Hall–Kier alpha value is -3.80. The van der Waals surface area contributed by atoms with E-state index in [0.29, 0.717) is 5.78 Å². The van der Waals surface area contributed by atoms with Gasteiger partial charge < -0.3 is 4.90 Å². The first kappa shape index (κ1) is 16.4. The van der Waals surface area contributed by atoms with Gasteiger partial charge in [-0.05, 0) is 47.5 Å². The zero-order valence-electron chi connectivity index (χ0n) is 15.1. The molecule has 0 amide bonds. The Bertz CT molecular complexity index is 1290. The fourth-order valence-electron chi connectivity index (χ4n) is 3.42.